The van der Waals surface area contributed by atoms with Crippen LogP contribution in [0.3, 0.4) is 0 Å². The molecule has 6 aromatic rings. The molecule has 3 aliphatic rings. The number of hydrogen-bond acceptors (Lipinski definition) is 8. The summed E-state index contributed by atoms with van der Waals surface area (Å²) < 4.78 is 5.55. The van der Waals surface area contributed by atoms with E-state index in [-0.39, 0.29) is 5.41 Å². The van der Waals surface area contributed by atoms with Crippen molar-refractivity contribution in [3.63, 3.8) is 0 Å². The minimum atomic E-state index is -0.0678. The lowest BCUT2D eigenvalue weighted by atomic mass is 9.84. The minimum absolute atomic E-state index is 0.0678. The summed E-state index contributed by atoms with van der Waals surface area (Å²) in [5.74, 6) is 0. The Morgan fingerprint density at radius 2 is 1.07 bits per heavy atom. The van der Waals surface area contributed by atoms with E-state index in [0.717, 1.165) is 52.9 Å². The van der Waals surface area contributed by atoms with Gasteiger partial charge >= 0.3 is 0 Å². The zero-order valence-electron chi connectivity index (χ0n) is 22.7. The Labute approximate surface area is 286 Å². The van der Waals surface area contributed by atoms with Crippen LogP contribution < -0.4 is 0 Å². The molecule has 3 aliphatic carbocycles. The number of thiophene rings is 4. The monoisotopic (exact) mass is 694 g/mol. The summed E-state index contributed by atoms with van der Waals surface area (Å²) in [7, 11) is 0. The highest BCUT2D eigenvalue weighted by Crippen LogP contribution is 2.61. The summed E-state index contributed by atoms with van der Waals surface area (Å²) in [6, 6.07) is 21.1. The fourth-order valence-electron chi connectivity index (χ4n) is 6.54. The fourth-order valence-corrected chi connectivity index (χ4v) is 14.0. The molecule has 0 unspecified atom stereocenters. The Balaban J connectivity index is 1.12. The Bertz CT molecular complexity index is 2320. The molecule has 0 nitrogen and oxygen atoms in total. The van der Waals surface area contributed by atoms with E-state index < -0.39 is 0 Å². The number of benzene rings is 2. The molecule has 0 radical (unpaired) electrons. The van der Waals surface area contributed by atoms with Gasteiger partial charge in [0.1, 0.15) is 0 Å². The molecular weight excluding hydrogens is 677 g/mol. The highest BCUT2D eigenvalue weighted by molar-refractivity contribution is 7.84. The second kappa shape index (κ2) is 9.31. The summed E-state index contributed by atoms with van der Waals surface area (Å²) >= 11 is 31.0. The van der Waals surface area contributed by atoms with Crippen LogP contribution in [-0.2, 0) is 5.41 Å². The van der Waals surface area contributed by atoms with E-state index in [1.54, 1.807) is 0 Å². The highest BCUT2D eigenvalue weighted by atomic mass is 32.1. The number of allylic oxidation sites excluding steroid dienone is 2. The van der Waals surface area contributed by atoms with Gasteiger partial charge in [-0.3, -0.25) is 0 Å². The van der Waals surface area contributed by atoms with Gasteiger partial charge in [-0.2, -0.15) is 0 Å². The molecule has 0 amide bonds. The topological polar surface area (TPSA) is 0 Å². The maximum Gasteiger partial charge on any atom is 0.0639 e. The maximum absolute atomic E-state index is 5.85. The molecule has 0 aliphatic heterocycles. The molecule has 0 saturated carbocycles. The van der Waals surface area contributed by atoms with Crippen molar-refractivity contribution in [3.05, 3.63) is 115 Å². The predicted octanol–water partition coefficient (Wildman–Crippen LogP) is 11.6. The number of fused-ring (bicyclic) bond motifs is 9. The van der Waals surface area contributed by atoms with Crippen LogP contribution >= 0.6 is 94.2 Å². The van der Waals surface area contributed by atoms with E-state index in [1.165, 1.54) is 49.4 Å². The Hall–Kier alpha value is -2.40. The van der Waals surface area contributed by atoms with Crippen molar-refractivity contribution < 1.29 is 0 Å². The molecule has 0 bridgehead atoms. The van der Waals surface area contributed by atoms with Gasteiger partial charge in [-0.15, -0.1) is 45.3 Å². The second-order valence-corrected chi connectivity index (χ2v) is 17.3. The van der Waals surface area contributed by atoms with Crippen LogP contribution in [0, 0.1) is 0 Å². The van der Waals surface area contributed by atoms with Crippen molar-refractivity contribution >= 4 is 145 Å². The van der Waals surface area contributed by atoms with E-state index in [0.29, 0.717) is 0 Å². The Kier molecular flexibility index (Phi) is 5.84. The predicted molar refractivity (Wildman–Crippen MR) is 206 cm³/mol. The third-order valence-corrected chi connectivity index (χ3v) is 15.5. The first kappa shape index (κ1) is 27.0. The second-order valence-electron chi connectivity index (χ2n) is 11.4. The molecule has 0 atom stereocenters. The number of hydrogen-bond donors (Lipinski definition) is 0. The van der Waals surface area contributed by atoms with Crippen LogP contribution in [0.1, 0.15) is 57.0 Å². The lowest BCUT2D eigenvalue weighted by molar-refractivity contribution is 0.669. The zero-order chi connectivity index (χ0) is 29.4. The van der Waals surface area contributed by atoms with Crippen molar-refractivity contribution in [1.82, 2.24) is 0 Å². The van der Waals surface area contributed by atoms with Crippen molar-refractivity contribution in [2.75, 3.05) is 0 Å². The van der Waals surface area contributed by atoms with Crippen molar-refractivity contribution in [2.24, 2.45) is 0 Å². The first-order valence-corrected chi connectivity index (χ1v) is 18.6. The minimum Gasteiger partial charge on any atom is -0.135 e. The Morgan fingerprint density at radius 1 is 0.558 bits per heavy atom. The highest BCUT2D eigenvalue weighted by Gasteiger charge is 2.42. The normalized spacial score (nSPS) is 16.4. The fraction of sp³-hybridized carbons (Fsp3) is 0.0857. The number of rotatable bonds is 2. The lowest BCUT2D eigenvalue weighted by Crippen LogP contribution is -2.13. The molecule has 43 heavy (non-hydrogen) atoms. The van der Waals surface area contributed by atoms with Crippen molar-refractivity contribution in [2.45, 2.75) is 19.3 Å². The third-order valence-electron chi connectivity index (χ3n) is 8.64. The molecule has 9 rings (SSSR count). The van der Waals surface area contributed by atoms with E-state index in [2.05, 4.69) is 62.4 Å². The van der Waals surface area contributed by atoms with Gasteiger partial charge in [0, 0.05) is 58.1 Å². The van der Waals surface area contributed by atoms with E-state index in [1.807, 2.05) is 69.6 Å². The third kappa shape index (κ3) is 3.66. The van der Waals surface area contributed by atoms with Gasteiger partial charge in [-0.05, 0) is 35.4 Å². The van der Waals surface area contributed by atoms with Crippen LogP contribution in [0.5, 0.6) is 0 Å². The molecule has 0 saturated heterocycles. The van der Waals surface area contributed by atoms with Crippen LogP contribution in [0.4, 0.5) is 0 Å². The average Bonchev–Trinajstić information content (AvgIpc) is 3.83. The standard InChI is InChI=1S/C35H18S8/c1-35(2)23-13-15(11-21-26(36)17-7-3-4-8-18(17)27(21)37)40-30(23)32-25(35)33-34(43-32)31-24(42-33)14-16(41-31)12-22-28(38)19-9-5-6-10-20(19)29(22)39/h3-14H,1-2H3. The smallest absolute Gasteiger partial charge is 0.0639 e. The van der Waals surface area contributed by atoms with Gasteiger partial charge in [-0.25, -0.2) is 0 Å². The van der Waals surface area contributed by atoms with Gasteiger partial charge in [0.05, 0.1) is 38.4 Å². The molecular formula is C35H18S8. The van der Waals surface area contributed by atoms with Crippen LogP contribution in [0.2, 0.25) is 0 Å². The average molecular weight is 695 g/mol. The summed E-state index contributed by atoms with van der Waals surface area (Å²) in [5, 5.41) is 0. The van der Waals surface area contributed by atoms with Crippen molar-refractivity contribution in [1.29, 1.82) is 0 Å². The maximum atomic E-state index is 5.85. The lowest BCUT2D eigenvalue weighted by Gasteiger charge is -2.19. The van der Waals surface area contributed by atoms with Gasteiger partial charge in [0.2, 0.25) is 0 Å². The zero-order valence-corrected chi connectivity index (χ0v) is 29.2. The van der Waals surface area contributed by atoms with Crippen LogP contribution in [0.25, 0.3) is 40.7 Å². The van der Waals surface area contributed by atoms with E-state index in [4.69, 9.17) is 48.9 Å². The quantitative estimate of drug-likeness (QED) is 0.131. The number of thiocarbonyl (C=S) groups is 4. The molecule has 4 heterocycles. The summed E-state index contributed by atoms with van der Waals surface area (Å²) in [6.45, 7) is 4.74. The summed E-state index contributed by atoms with van der Waals surface area (Å²) in [5.41, 5.74) is 9.14. The largest absolute Gasteiger partial charge is 0.135 e. The van der Waals surface area contributed by atoms with Crippen molar-refractivity contribution in [3.8, 4) is 9.75 Å². The Morgan fingerprint density at radius 3 is 1.60 bits per heavy atom. The molecule has 206 valence electrons. The summed E-state index contributed by atoms with van der Waals surface area (Å²) in [6.07, 6.45) is 4.42. The molecule has 4 aromatic heterocycles. The molecule has 8 heteroatoms. The SMILES string of the molecule is CC1(C)c2cc(C=C3C(=S)c4ccccc4C3=S)sc2-c2sc3c(sc4cc(C=C5C(=S)c6ccccc6C5=S)sc43)c21. The van der Waals surface area contributed by atoms with Gasteiger partial charge < -0.3 is 0 Å². The van der Waals surface area contributed by atoms with Crippen LogP contribution in [-0.4, -0.2) is 19.5 Å². The molecule has 0 spiro atoms. The molecule has 2 aromatic carbocycles. The van der Waals surface area contributed by atoms with E-state index in [9.17, 15) is 0 Å². The van der Waals surface area contributed by atoms with E-state index >= 15 is 0 Å². The first-order valence-electron chi connectivity index (χ1n) is 13.7. The van der Waals surface area contributed by atoms with Gasteiger partial charge in [0.25, 0.3) is 0 Å². The first-order chi connectivity index (χ1) is 20.7. The summed E-state index contributed by atoms with van der Waals surface area (Å²) in [4.78, 5) is 8.67. The van der Waals surface area contributed by atoms with Crippen LogP contribution in [0.15, 0.2) is 71.8 Å². The van der Waals surface area contributed by atoms with Gasteiger partial charge in [0.15, 0.2) is 0 Å². The molecule has 0 N–H and O–H groups in total. The molecule has 0 fully saturated rings. The van der Waals surface area contributed by atoms with Gasteiger partial charge in [-0.1, -0.05) is 111 Å².